The van der Waals surface area contributed by atoms with Crippen molar-refractivity contribution in [3.05, 3.63) is 45.1 Å². The van der Waals surface area contributed by atoms with Crippen LogP contribution in [0.4, 0.5) is 0 Å². The molecule has 0 aliphatic heterocycles. The number of aryl methyl sites for hydroxylation is 1. The van der Waals surface area contributed by atoms with Crippen molar-refractivity contribution in [1.29, 1.82) is 0 Å². The Morgan fingerprint density at radius 1 is 1.37 bits per heavy atom. The van der Waals surface area contributed by atoms with Crippen LogP contribution in [0.15, 0.2) is 44.4 Å². The average molecular weight is 409 g/mol. The van der Waals surface area contributed by atoms with E-state index < -0.39 is 10.0 Å². The zero-order chi connectivity index (χ0) is 14.0. The quantitative estimate of drug-likeness (QED) is 0.844. The van der Waals surface area contributed by atoms with Crippen LogP contribution < -0.4 is 4.72 Å². The highest BCUT2D eigenvalue weighted by molar-refractivity contribution is 9.11. The Hall–Kier alpha value is -0.700. The largest absolute Gasteiger partial charge is 0.275 e. The highest BCUT2D eigenvalue weighted by Gasteiger charge is 2.17. The van der Waals surface area contributed by atoms with Crippen LogP contribution in [0.1, 0.15) is 5.56 Å². The molecule has 0 saturated carbocycles. The molecule has 5 nitrogen and oxygen atoms in total. The van der Waals surface area contributed by atoms with Crippen LogP contribution in [0.2, 0.25) is 0 Å². The maximum Gasteiger partial charge on any atom is 0.241 e. The summed E-state index contributed by atoms with van der Waals surface area (Å²) in [6.45, 7) is 0.207. The minimum Gasteiger partial charge on any atom is -0.275 e. The minimum atomic E-state index is -3.55. The maximum atomic E-state index is 12.2. The zero-order valence-corrected chi connectivity index (χ0v) is 14.0. The first-order valence-corrected chi connectivity index (χ1v) is 8.37. The average Bonchev–Trinajstić information content (AvgIpc) is 2.72. The Morgan fingerprint density at radius 2 is 2.11 bits per heavy atom. The third-order valence-electron chi connectivity index (χ3n) is 2.41. The lowest BCUT2D eigenvalue weighted by Crippen LogP contribution is -2.23. The van der Waals surface area contributed by atoms with Crippen LogP contribution in [0.3, 0.4) is 0 Å². The molecule has 19 heavy (non-hydrogen) atoms. The molecule has 2 aromatic rings. The van der Waals surface area contributed by atoms with E-state index in [-0.39, 0.29) is 11.4 Å². The van der Waals surface area contributed by atoms with E-state index in [1.54, 1.807) is 42.3 Å². The molecule has 102 valence electrons. The second kappa shape index (κ2) is 5.74. The van der Waals surface area contributed by atoms with Gasteiger partial charge in [-0.1, -0.05) is 15.9 Å². The third kappa shape index (κ3) is 3.65. The van der Waals surface area contributed by atoms with Gasteiger partial charge in [-0.05, 0) is 34.1 Å². The van der Waals surface area contributed by atoms with Crippen molar-refractivity contribution < 1.29 is 8.42 Å². The summed E-state index contributed by atoms with van der Waals surface area (Å²) in [5.41, 5.74) is 0.805. The normalized spacial score (nSPS) is 11.7. The number of sulfonamides is 1. The van der Waals surface area contributed by atoms with Gasteiger partial charge in [0.05, 0.1) is 11.1 Å². The fourth-order valence-corrected chi connectivity index (χ4v) is 4.27. The molecule has 1 N–H and O–H groups in total. The number of benzene rings is 1. The zero-order valence-electron chi connectivity index (χ0n) is 9.97. The predicted molar refractivity (Wildman–Crippen MR) is 79.1 cm³/mol. The molecule has 0 fully saturated rings. The minimum absolute atomic E-state index is 0.207. The number of aromatic nitrogens is 2. The second-order valence-electron chi connectivity index (χ2n) is 3.92. The van der Waals surface area contributed by atoms with E-state index >= 15 is 0 Å². The lowest BCUT2D eigenvalue weighted by atomic mass is 10.4. The van der Waals surface area contributed by atoms with Gasteiger partial charge in [-0.15, -0.1) is 0 Å². The van der Waals surface area contributed by atoms with E-state index in [1.807, 2.05) is 0 Å². The number of hydrogen-bond acceptors (Lipinski definition) is 3. The smallest absolute Gasteiger partial charge is 0.241 e. The van der Waals surface area contributed by atoms with Crippen molar-refractivity contribution in [1.82, 2.24) is 14.5 Å². The summed E-state index contributed by atoms with van der Waals surface area (Å²) in [4.78, 5) is 0.208. The summed E-state index contributed by atoms with van der Waals surface area (Å²) in [6, 6.07) is 4.92. The summed E-state index contributed by atoms with van der Waals surface area (Å²) in [5.74, 6) is 0. The first-order chi connectivity index (χ1) is 8.88. The number of nitrogens with one attached hydrogen (secondary N) is 1. The lowest BCUT2D eigenvalue weighted by molar-refractivity contribution is 0.581. The fraction of sp³-hybridized carbons (Fsp3) is 0.182. The molecule has 0 saturated heterocycles. The van der Waals surface area contributed by atoms with Crippen LogP contribution in [0, 0.1) is 0 Å². The van der Waals surface area contributed by atoms with Crippen molar-refractivity contribution in [2.45, 2.75) is 11.4 Å². The van der Waals surface area contributed by atoms with Crippen molar-refractivity contribution in [3.8, 4) is 0 Å². The Labute approximate surface area is 128 Å². The number of nitrogens with zero attached hydrogens (tertiary/aromatic N) is 2. The van der Waals surface area contributed by atoms with Gasteiger partial charge in [0.2, 0.25) is 10.0 Å². The van der Waals surface area contributed by atoms with Gasteiger partial charge in [0, 0.05) is 34.3 Å². The van der Waals surface area contributed by atoms with E-state index in [4.69, 9.17) is 0 Å². The Kier molecular flexibility index (Phi) is 4.44. The van der Waals surface area contributed by atoms with Gasteiger partial charge >= 0.3 is 0 Å². The SMILES string of the molecule is Cn1cc(CNS(=O)(=O)c2ccc(Br)cc2Br)cn1. The third-order valence-corrected chi connectivity index (χ3v) is 5.28. The Bertz CT molecular complexity index is 698. The number of hydrogen-bond donors (Lipinski definition) is 1. The first kappa shape index (κ1) is 14.7. The summed E-state index contributed by atoms with van der Waals surface area (Å²) >= 11 is 6.53. The van der Waals surface area contributed by atoms with E-state index in [0.29, 0.717) is 4.47 Å². The van der Waals surface area contributed by atoms with Crippen LogP contribution in [0.25, 0.3) is 0 Å². The molecule has 1 aromatic carbocycles. The number of halogens is 2. The van der Waals surface area contributed by atoms with Crippen molar-refractivity contribution in [2.24, 2.45) is 7.05 Å². The Morgan fingerprint density at radius 3 is 2.68 bits per heavy atom. The van der Waals surface area contributed by atoms with Gasteiger partial charge in [0.15, 0.2) is 0 Å². The molecule has 2 rings (SSSR count). The Balaban J connectivity index is 2.18. The van der Waals surface area contributed by atoms with E-state index in [1.165, 1.54) is 0 Å². The molecule has 0 aliphatic rings. The fourth-order valence-electron chi connectivity index (χ4n) is 1.51. The van der Waals surface area contributed by atoms with Crippen molar-refractivity contribution >= 4 is 41.9 Å². The maximum absolute atomic E-state index is 12.2. The van der Waals surface area contributed by atoms with Gasteiger partial charge in [-0.3, -0.25) is 4.68 Å². The first-order valence-electron chi connectivity index (χ1n) is 5.31. The lowest BCUT2D eigenvalue weighted by Gasteiger charge is -2.07. The van der Waals surface area contributed by atoms with Crippen molar-refractivity contribution in [2.75, 3.05) is 0 Å². The monoisotopic (exact) mass is 407 g/mol. The summed E-state index contributed by atoms with van der Waals surface area (Å²) in [7, 11) is -1.77. The van der Waals surface area contributed by atoms with E-state index in [9.17, 15) is 8.42 Å². The summed E-state index contributed by atoms with van der Waals surface area (Å²) in [5, 5.41) is 3.99. The molecule has 0 atom stereocenters. The molecule has 0 radical (unpaired) electrons. The molecule has 1 heterocycles. The summed E-state index contributed by atoms with van der Waals surface area (Å²) in [6.07, 6.45) is 3.39. The van der Waals surface area contributed by atoms with E-state index in [2.05, 4.69) is 41.7 Å². The van der Waals surface area contributed by atoms with Gasteiger partial charge in [-0.2, -0.15) is 5.10 Å². The molecule has 0 spiro atoms. The van der Waals surface area contributed by atoms with Gasteiger partial charge in [0.1, 0.15) is 0 Å². The molecular formula is C11H11Br2N3O2S. The van der Waals surface area contributed by atoms with Crippen LogP contribution >= 0.6 is 31.9 Å². The van der Waals surface area contributed by atoms with Gasteiger partial charge < -0.3 is 0 Å². The molecule has 0 bridgehead atoms. The topological polar surface area (TPSA) is 64.0 Å². The van der Waals surface area contributed by atoms with Crippen LogP contribution in [-0.4, -0.2) is 18.2 Å². The van der Waals surface area contributed by atoms with Gasteiger partial charge in [0.25, 0.3) is 0 Å². The molecule has 8 heteroatoms. The molecular weight excluding hydrogens is 398 g/mol. The van der Waals surface area contributed by atoms with Crippen molar-refractivity contribution in [3.63, 3.8) is 0 Å². The van der Waals surface area contributed by atoms with Crippen LogP contribution in [0.5, 0.6) is 0 Å². The van der Waals surface area contributed by atoms with Crippen LogP contribution in [-0.2, 0) is 23.6 Å². The van der Waals surface area contributed by atoms with Gasteiger partial charge in [-0.25, -0.2) is 13.1 Å². The molecule has 1 aromatic heterocycles. The van der Waals surface area contributed by atoms with E-state index in [0.717, 1.165) is 10.0 Å². The highest BCUT2D eigenvalue weighted by atomic mass is 79.9. The molecule has 0 unspecified atom stereocenters. The predicted octanol–water partition coefficient (Wildman–Crippen LogP) is 2.42. The highest BCUT2D eigenvalue weighted by Crippen LogP contribution is 2.25. The molecule has 0 aliphatic carbocycles. The second-order valence-corrected chi connectivity index (χ2v) is 7.43. The number of rotatable bonds is 4. The summed E-state index contributed by atoms with van der Waals surface area (Å²) < 4.78 is 29.8. The standard InChI is InChI=1S/C11H11Br2N3O2S/c1-16-7-8(5-14-16)6-15-19(17,18)11-3-2-9(12)4-10(11)13/h2-5,7,15H,6H2,1H3. The molecule has 0 amide bonds.